The number of aryl methyl sites for hydroxylation is 1. The maximum atomic E-state index is 5.49. The van der Waals surface area contributed by atoms with E-state index in [9.17, 15) is 0 Å². The van der Waals surface area contributed by atoms with Crippen LogP contribution in [0.4, 0.5) is 5.95 Å². The van der Waals surface area contributed by atoms with Crippen molar-refractivity contribution in [3.8, 4) is 17.4 Å². The zero-order chi connectivity index (χ0) is 13.7. The minimum absolute atomic E-state index is 0.359. The Hall–Kier alpha value is -2.17. The number of nitrogens with zero attached hydrogens (tertiary/aromatic N) is 3. The van der Waals surface area contributed by atoms with E-state index in [0.717, 1.165) is 12.0 Å². The fourth-order valence-electron chi connectivity index (χ4n) is 1.64. The van der Waals surface area contributed by atoms with Crippen LogP contribution in [0.2, 0.25) is 0 Å². The van der Waals surface area contributed by atoms with Crippen LogP contribution in [0, 0.1) is 6.92 Å². The second kappa shape index (κ2) is 6.13. The largest absolute Gasteiger partial charge is 0.463 e. The summed E-state index contributed by atoms with van der Waals surface area (Å²) in [6.45, 7) is 4.68. The summed E-state index contributed by atoms with van der Waals surface area (Å²) in [4.78, 5) is 12.9. The van der Waals surface area contributed by atoms with Gasteiger partial charge in [0, 0.05) is 12.6 Å². The van der Waals surface area contributed by atoms with Gasteiger partial charge in [0.2, 0.25) is 5.95 Å². The van der Waals surface area contributed by atoms with Crippen LogP contribution in [0.25, 0.3) is 11.4 Å². The molecule has 19 heavy (non-hydrogen) atoms. The van der Waals surface area contributed by atoms with Gasteiger partial charge in [-0.25, -0.2) is 0 Å². The number of aromatic nitrogens is 3. The van der Waals surface area contributed by atoms with E-state index in [0.29, 0.717) is 24.4 Å². The van der Waals surface area contributed by atoms with Crippen LogP contribution >= 0.6 is 0 Å². The van der Waals surface area contributed by atoms with Crippen molar-refractivity contribution in [3.63, 3.8) is 0 Å². The highest BCUT2D eigenvalue weighted by Crippen LogP contribution is 2.19. The first kappa shape index (κ1) is 13.3. The predicted octanol–water partition coefficient (Wildman–Crippen LogP) is 2.68. The van der Waals surface area contributed by atoms with Crippen molar-refractivity contribution in [2.75, 3.05) is 19.0 Å². The molecule has 0 aliphatic carbocycles. The monoisotopic (exact) mass is 258 g/mol. The van der Waals surface area contributed by atoms with E-state index in [2.05, 4.69) is 20.3 Å². The quantitative estimate of drug-likeness (QED) is 0.893. The lowest BCUT2D eigenvalue weighted by Gasteiger charge is -2.07. The van der Waals surface area contributed by atoms with Gasteiger partial charge < -0.3 is 10.1 Å². The SMILES string of the molecule is CCCOc1nc(NC)nc(-c2cccc(C)c2)n1. The molecule has 1 heterocycles. The molecule has 0 amide bonds. The third-order valence-corrected chi connectivity index (χ3v) is 2.55. The van der Waals surface area contributed by atoms with Gasteiger partial charge >= 0.3 is 6.01 Å². The molecule has 0 saturated heterocycles. The highest BCUT2D eigenvalue weighted by molar-refractivity contribution is 5.57. The number of benzene rings is 1. The van der Waals surface area contributed by atoms with E-state index in [1.807, 2.05) is 38.1 Å². The van der Waals surface area contributed by atoms with Crippen LogP contribution in [0.1, 0.15) is 18.9 Å². The van der Waals surface area contributed by atoms with E-state index in [4.69, 9.17) is 4.74 Å². The van der Waals surface area contributed by atoms with Crippen molar-refractivity contribution in [1.82, 2.24) is 15.0 Å². The fourth-order valence-corrected chi connectivity index (χ4v) is 1.64. The Morgan fingerprint density at radius 3 is 2.74 bits per heavy atom. The van der Waals surface area contributed by atoms with Gasteiger partial charge in [0.15, 0.2) is 5.82 Å². The summed E-state index contributed by atoms with van der Waals surface area (Å²) in [5, 5.41) is 2.93. The van der Waals surface area contributed by atoms with Gasteiger partial charge in [-0.05, 0) is 19.4 Å². The molecule has 0 aliphatic heterocycles. The van der Waals surface area contributed by atoms with Crippen molar-refractivity contribution >= 4 is 5.95 Å². The van der Waals surface area contributed by atoms with E-state index in [1.54, 1.807) is 7.05 Å². The first-order valence-corrected chi connectivity index (χ1v) is 6.36. The van der Waals surface area contributed by atoms with Crippen molar-refractivity contribution < 1.29 is 4.74 Å². The Morgan fingerprint density at radius 1 is 1.21 bits per heavy atom. The number of nitrogens with one attached hydrogen (secondary N) is 1. The average Bonchev–Trinajstić information content (AvgIpc) is 2.44. The van der Waals surface area contributed by atoms with Gasteiger partial charge in [0.1, 0.15) is 0 Å². The normalized spacial score (nSPS) is 10.3. The lowest BCUT2D eigenvalue weighted by molar-refractivity contribution is 0.292. The number of hydrogen-bond donors (Lipinski definition) is 1. The topological polar surface area (TPSA) is 59.9 Å². The van der Waals surface area contributed by atoms with Gasteiger partial charge in [-0.15, -0.1) is 0 Å². The van der Waals surface area contributed by atoms with Crippen LogP contribution in [-0.4, -0.2) is 28.6 Å². The third-order valence-electron chi connectivity index (χ3n) is 2.55. The lowest BCUT2D eigenvalue weighted by Crippen LogP contribution is -2.06. The third kappa shape index (κ3) is 3.40. The maximum Gasteiger partial charge on any atom is 0.321 e. The highest BCUT2D eigenvalue weighted by Gasteiger charge is 2.08. The van der Waals surface area contributed by atoms with E-state index in [1.165, 1.54) is 5.56 Å². The summed E-state index contributed by atoms with van der Waals surface area (Å²) in [5.41, 5.74) is 2.13. The minimum Gasteiger partial charge on any atom is -0.463 e. The molecular weight excluding hydrogens is 240 g/mol. The molecule has 2 rings (SSSR count). The molecule has 0 atom stereocenters. The summed E-state index contributed by atoms with van der Waals surface area (Å²) >= 11 is 0. The summed E-state index contributed by atoms with van der Waals surface area (Å²) in [6.07, 6.45) is 0.917. The van der Waals surface area contributed by atoms with Crippen molar-refractivity contribution in [2.45, 2.75) is 20.3 Å². The van der Waals surface area contributed by atoms with E-state index in [-0.39, 0.29) is 0 Å². The molecule has 0 unspecified atom stereocenters. The smallest absolute Gasteiger partial charge is 0.321 e. The van der Waals surface area contributed by atoms with Gasteiger partial charge in [-0.3, -0.25) is 0 Å². The Labute approximate surface area is 113 Å². The van der Waals surface area contributed by atoms with Crippen molar-refractivity contribution in [1.29, 1.82) is 0 Å². The molecule has 0 saturated carbocycles. The Morgan fingerprint density at radius 2 is 2.05 bits per heavy atom. The molecule has 0 aliphatic rings. The van der Waals surface area contributed by atoms with Crippen molar-refractivity contribution in [2.24, 2.45) is 0 Å². The minimum atomic E-state index is 0.359. The van der Waals surface area contributed by atoms with E-state index < -0.39 is 0 Å². The van der Waals surface area contributed by atoms with Crippen LogP contribution in [0.5, 0.6) is 6.01 Å². The lowest BCUT2D eigenvalue weighted by atomic mass is 10.1. The zero-order valence-corrected chi connectivity index (χ0v) is 11.5. The van der Waals surface area contributed by atoms with Gasteiger partial charge in [-0.1, -0.05) is 30.7 Å². The predicted molar refractivity (Wildman–Crippen MR) is 75.3 cm³/mol. The second-order valence-electron chi connectivity index (χ2n) is 4.23. The number of hydrogen-bond acceptors (Lipinski definition) is 5. The first-order valence-electron chi connectivity index (χ1n) is 6.36. The van der Waals surface area contributed by atoms with Crippen LogP contribution in [0.3, 0.4) is 0 Å². The molecule has 100 valence electrons. The maximum absolute atomic E-state index is 5.49. The second-order valence-corrected chi connectivity index (χ2v) is 4.23. The number of ether oxygens (including phenoxy) is 1. The standard InChI is InChI=1S/C14H18N4O/c1-4-8-19-14-17-12(16-13(15-3)18-14)11-7-5-6-10(2)9-11/h5-7,9H,4,8H2,1-3H3,(H,15,16,17,18). The van der Waals surface area contributed by atoms with E-state index >= 15 is 0 Å². The molecule has 5 heteroatoms. The molecule has 2 aromatic rings. The van der Waals surface area contributed by atoms with Crippen molar-refractivity contribution in [3.05, 3.63) is 29.8 Å². The summed E-state index contributed by atoms with van der Waals surface area (Å²) in [6, 6.07) is 8.40. The molecular formula is C14H18N4O. The molecule has 1 N–H and O–H groups in total. The summed E-state index contributed by atoms with van der Waals surface area (Å²) in [5.74, 6) is 1.13. The molecule has 0 radical (unpaired) electrons. The zero-order valence-electron chi connectivity index (χ0n) is 11.5. The molecule has 1 aromatic carbocycles. The summed E-state index contributed by atoms with van der Waals surface area (Å²) < 4.78 is 5.49. The van der Waals surface area contributed by atoms with Gasteiger partial charge in [0.05, 0.1) is 6.61 Å². The number of rotatable bonds is 5. The van der Waals surface area contributed by atoms with Crippen LogP contribution in [-0.2, 0) is 0 Å². The molecule has 0 spiro atoms. The van der Waals surface area contributed by atoms with Gasteiger partial charge in [-0.2, -0.15) is 15.0 Å². The Kier molecular flexibility index (Phi) is 4.28. The average molecular weight is 258 g/mol. The first-order chi connectivity index (χ1) is 9.22. The van der Waals surface area contributed by atoms with Gasteiger partial charge in [0.25, 0.3) is 0 Å². The Bertz CT molecular complexity index is 557. The van der Waals surface area contributed by atoms with Crippen LogP contribution in [0.15, 0.2) is 24.3 Å². The highest BCUT2D eigenvalue weighted by atomic mass is 16.5. The molecule has 5 nitrogen and oxygen atoms in total. The summed E-state index contributed by atoms with van der Waals surface area (Å²) in [7, 11) is 1.78. The fraction of sp³-hybridized carbons (Fsp3) is 0.357. The molecule has 0 fully saturated rings. The molecule has 0 bridgehead atoms. The number of anilines is 1. The Balaban J connectivity index is 2.38. The molecule has 1 aromatic heterocycles. The van der Waals surface area contributed by atoms with Crippen LogP contribution < -0.4 is 10.1 Å².